The van der Waals surface area contributed by atoms with Gasteiger partial charge in [-0.1, -0.05) is 19.3 Å². The third-order valence-electron chi connectivity index (χ3n) is 4.91. The Balaban J connectivity index is 2.05. The van der Waals surface area contributed by atoms with Crippen LogP contribution in [0, 0.1) is 12.8 Å². The number of halogens is 1. The normalized spacial score (nSPS) is 18.2. The molecule has 0 bridgehead atoms. The molecular weight excluding hydrogens is 282 g/mol. The predicted molar refractivity (Wildman–Crippen MR) is 88.0 cm³/mol. The molecule has 4 heteroatoms. The summed E-state index contributed by atoms with van der Waals surface area (Å²) in [7, 11) is 0. The summed E-state index contributed by atoms with van der Waals surface area (Å²) in [6.07, 6.45) is 9.47. The molecule has 0 N–H and O–H groups in total. The number of hydrogen-bond acceptors (Lipinski definition) is 2. The molecule has 1 fully saturated rings. The van der Waals surface area contributed by atoms with E-state index in [0.29, 0.717) is 11.9 Å². The molecule has 0 saturated heterocycles. The molecule has 1 unspecified atom stereocenters. The van der Waals surface area contributed by atoms with Crippen molar-refractivity contribution in [1.82, 2.24) is 14.5 Å². The number of pyridine rings is 1. The third kappa shape index (κ3) is 2.80. The van der Waals surface area contributed by atoms with Gasteiger partial charge < -0.3 is 4.57 Å². The molecule has 114 valence electrons. The molecule has 0 amide bonds. The maximum atomic E-state index is 5.99. The summed E-state index contributed by atoms with van der Waals surface area (Å²) in [5.41, 5.74) is 3.28. The highest BCUT2D eigenvalue weighted by atomic mass is 35.5. The third-order valence-corrected chi connectivity index (χ3v) is 5.10. The van der Waals surface area contributed by atoms with E-state index >= 15 is 0 Å². The van der Waals surface area contributed by atoms with Crippen molar-refractivity contribution in [3.63, 3.8) is 0 Å². The smallest absolute Gasteiger partial charge is 0.160 e. The monoisotopic (exact) mass is 305 g/mol. The standard InChI is InChI=1S/C17H24ClN3/c1-12-9-11-19-17-16(12)20-15(8-10-18)21(17)13(2)14-6-4-3-5-7-14/h9,11,13-14H,3-8,10H2,1-2H3. The van der Waals surface area contributed by atoms with Gasteiger partial charge in [0.15, 0.2) is 5.65 Å². The van der Waals surface area contributed by atoms with E-state index in [1.807, 2.05) is 12.3 Å². The van der Waals surface area contributed by atoms with Gasteiger partial charge in [-0.2, -0.15) is 0 Å². The number of aromatic nitrogens is 3. The molecule has 3 rings (SSSR count). The van der Waals surface area contributed by atoms with Gasteiger partial charge in [0.1, 0.15) is 11.3 Å². The quantitative estimate of drug-likeness (QED) is 0.769. The number of hydrogen-bond donors (Lipinski definition) is 0. The average Bonchev–Trinajstić information content (AvgIpc) is 2.87. The fourth-order valence-electron chi connectivity index (χ4n) is 3.67. The Morgan fingerprint density at radius 2 is 2.10 bits per heavy atom. The Bertz CT molecular complexity index is 614. The van der Waals surface area contributed by atoms with Crippen molar-refractivity contribution in [3.05, 3.63) is 23.7 Å². The highest BCUT2D eigenvalue weighted by Crippen LogP contribution is 2.35. The van der Waals surface area contributed by atoms with E-state index in [9.17, 15) is 0 Å². The summed E-state index contributed by atoms with van der Waals surface area (Å²) in [4.78, 5) is 9.45. The zero-order chi connectivity index (χ0) is 14.8. The number of alkyl halides is 1. The Hall–Kier alpha value is -1.09. The molecule has 1 aliphatic rings. The zero-order valence-electron chi connectivity index (χ0n) is 13.0. The summed E-state index contributed by atoms with van der Waals surface area (Å²) in [5, 5.41) is 0. The molecule has 0 spiro atoms. The van der Waals surface area contributed by atoms with E-state index in [2.05, 4.69) is 23.4 Å². The maximum Gasteiger partial charge on any atom is 0.160 e. The van der Waals surface area contributed by atoms with Crippen molar-refractivity contribution in [1.29, 1.82) is 0 Å². The first-order valence-corrected chi connectivity index (χ1v) is 8.64. The van der Waals surface area contributed by atoms with Crippen molar-refractivity contribution < 1.29 is 0 Å². The first-order chi connectivity index (χ1) is 10.2. The van der Waals surface area contributed by atoms with Gasteiger partial charge in [0.25, 0.3) is 0 Å². The van der Waals surface area contributed by atoms with Crippen LogP contribution >= 0.6 is 11.6 Å². The van der Waals surface area contributed by atoms with Gasteiger partial charge in [-0.05, 0) is 44.2 Å². The Morgan fingerprint density at radius 3 is 2.81 bits per heavy atom. The Morgan fingerprint density at radius 1 is 1.33 bits per heavy atom. The van der Waals surface area contributed by atoms with Crippen LogP contribution in [0.5, 0.6) is 0 Å². The van der Waals surface area contributed by atoms with Crippen LogP contribution in [-0.4, -0.2) is 20.4 Å². The number of nitrogens with zero attached hydrogens (tertiary/aromatic N) is 3. The van der Waals surface area contributed by atoms with E-state index in [0.717, 1.165) is 29.3 Å². The van der Waals surface area contributed by atoms with Crippen LogP contribution in [0.1, 0.15) is 56.5 Å². The molecule has 21 heavy (non-hydrogen) atoms. The van der Waals surface area contributed by atoms with E-state index in [1.165, 1.54) is 37.7 Å². The minimum atomic E-state index is 0.461. The fourth-order valence-corrected chi connectivity index (χ4v) is 3.84. The number of fused-ring (bicyclic) bond motifs is 1. The molecule has 1 atom stereocenters. The summed E-state index contributed by atoms with van der Waals surface area (Å²) >= 11 is 5.99. The molecule has 1 saturated carbocycles. The highest BCUT2D eigenvalue weighted by molar-refractivity contribution is 6.17. The first kappa shape index (κ1) is 14.8. The van der Waals surface area contributed by atoms with Crippen molar-refractivity contribution in [2.45, 2.75) is 58.4 Å². The van der Waals surface area contributed by atoms with Crippen molar-refractivity contribution in [3.8, 4) is 0 Å². The van der Waals surface area contributed by atoms with Gasteiger partial charge >= 0.3 is 0 Å². The van der Waals surface area contributed by atoms with Crippen molar-refractivity contribution >= 4 is 22.8 Å². The van der Waals surface area contributed by atoms with Gasteiger partial charge in [0.2, 0.25) is 0 Å². The van der Waals surface area contributed by atoms with Gasteiger partial charge in [0.05, 0.1) is 0 Å². The molecule has 2 aromatic rings. The molecule has 2 aromatic heterocycles. The lowest BCUT2D eigenvalue weighted by atomic mass is 9.84. The minimum Gasteiger partial charge on any atom is -0.310 e. The minimum absolute atomic E-state index is 0.461. The van der Waals surface area contributed by atoms with Crippen LogP contribution < -0.4 is 0 Å². The van der Waals surface area contributed by atoms with Crippen LogP contribution in [0.25, 0.3) is 11.2 Å². The van der Waals surface area contributed by atoms with E-state index < -0.39 is 0 Å². The Labute approximate surface area is 131 Å². The van der Waals surface area contributed by atoms with E-state index in [1.54, 1.807) is 0 Å². The van der Waals surface area contributed by atoms with Crippen LogP contribution in [0.2, 0.25) is 0 Å². The second kappa shape index (κ2) is 6.35. The van der Waals surface area contributed by atoms with Gasteiger partial charge in [-0.15, -0.1) is 11.6 Å². The van der Waals surface area contributed by atoms with Crippen molar-refractivity contribution in [2.75, 3.05) is 5.88 Å². The predicted octanol–water partition coefficient (Wildman–Crippen LogP) is 4.66. The lowest BCUT2D eigenvalue weighted by Crippen LogP contribution is -2.21. The molecular formula is C17H24ClN3. The van der Waals surface area contributed by atoms with Gasteiger partial charge in [0, 0.05) is 24.5 Å². The summed E-state index contributed by atoms with van der Waals surface area (Å²) < 4.78 is 2.36. The topological polar surface area (TPSA) is 30.7 Å². The lowest BCUT2D eigenvalue weighted by Gasteiger charge is -2.29. The second-order valence-corrected chi connectivity index (χ2v) is 6.65. The first-order valence-electron chi connectivity index (χ1n) is 8.10. The van der Waals surface area contributed by atoms with E-state index in [4.69, 9.17) is 16.6 Å². The Kier molecular flexibility index (Phi) is 4.48. The van der Waals surface area contributed by atoms with Gasteiger partial charge in [-0.25, -0.2) is 9.97 Å². The van der Waals surface area contributed by atoms with E-state index in [-0.39, 0.29) is 0 Å². The number of imidazole rings is 1. The van der Waals surface area contributed by atoms with Gasteiger partial charge in [-0.3, -0.25) is 0 Å². The molecule has 0 aromatic carbocycles. The molecule has 2 heterocycles. The second-order valence-electron chi connectivity index (χ2n) is 6.28. The lowest BCUT2D eigenvalue weighted by molar-refractivity contribution is 0.263. The SMILES string of the molecule is Cc1ccnc2c1nc(CCCl)n2C(C)C1CCCCC1. The highest BCUT2D eigenvalue weighted by Gasteiger charge is 2.25. The van der Waals surface area contributed by atoms with Crippen molar-refractivity contribution in [2.24, 2.45) is 5.92 Å². The van der Waals surface area contributed by atoms with Crippen LogP contribution in [0.4, 0.5) is 0 Å². The summed E-state index contributed by atoms with van der Waals surface area (Å²) in [6, 6.07) is 2.50. The average molecular weight is 306 g/mol. The summed E-state index contributed by atoms with van der Waals surface area (Å²) in [5.74, 6) is 2.45. The molecule has 0 aliphatic heterocycles. The zero-order valence-corrected chi connectivity index (χ0v) is 13.7. The fraction of sp³-hybridized carbons (Fsp3) is 0.647. The number of rotatable bonds is 4. The maximum absolute atomic E-state index is 5.99. The van der Waals surface area contributed by atoms with Crippen LogP contribution in [0.15, 0.2) is 12.3 Å². The van der Waals surface area contributed by atoms with Crippen LogP contribution in [-0.2, 0) is 6.42 Å². The number of aryl methyl sites for hydroxylation is 2. The largest absolute Gasteiger partial charge is 0.310 e. The molecule has 0 radical (unpaired) electrons. The van der Waals surface area contributed by atoms with Crippen LogP contribution in [0.3, 0.4) is 0 Å². The molecule has 1 aliphatic carbocycles. The summed E-state index contributed by atoms with van der Waals surface area (Å²) in [6.45, 7) is 4.44. The molecule has 3 nitrogen and oxygen atoms in total.